The zero-order valence-electron chi connectivity index (χ0n) is 5.77. The predicted molar refractivity (Wildman–Crippen MR) is 25.1 cm³/mol. The van der Waals surface area contributed by atoms with Gasteiger partial charge in [-0.1, -0.05) is 6.20 Å². The van der Waals surface area contributed by atoms with E-state index in [4.69, 9.17) is 0 Å². The number of halogens is 3. The summed E-state index contributed by atoms with van der Waals surface area (Å²) < 4.78 is 38.7. The van der Waals surface area contributed by atoms with E-state index in [0.717, 1.165) is 6.26 Å². The molecule has 0 radical (unpaired) electrons. The Morgan fingerprint density at radius 3 is 2.55 bits per heavy atom. The standard InChI is InChI=1S/C5H3F3NO.K/c6-5(7,8)1-4-2-9-10-3-4;/h3H,1H2;/q-1;+1. The third-order valence-electron chi connectivity index (χ3n) is 0.828. The molecule has 0 amide bonds. The van der Waals surface area contributed by atoms with E-state index in [9.17, 15) is 13.2 Å². The van der Waals surface area contributed by atoms with Crippen molar-refractivity contribution in [3.63, 3.8) is 0 Å². The van der Waals surface area contributed by atoms with Gasteiger partial charge in [-0.15, -0.1) is 0 Å². The van der Waals surface area contributed by atoms with Gasteiger partial charge in [-0.2, -0.15) is 18.7 Å². The molecule has 0 aromatic carbocycles. The molecule has 0 aliphatic rings. The van der Waals surface area contributed by atoms with Gasteiger partial charge in [0.25, 0.3) is 0 Å². The average Bonchev–Trinajstić information content (AvgIpc) is 2.12. The Bertz CT molecular complexity index is 196. The summed E-state index contributed by atoms with van der Waals surface area (Å²) >= 11 is 0. The largest absolute Gasteiger partial charge is 1.00 e. The van der Waals surface area contributed by atoms with Crippen molar-refractivity contribution in [1.82, 2.24) is 5.16 Å². The monoisotopic (exact) mass is 189 g/mol. The second-order valence-electron chi connectivity index (χ2n) is 1.74. The third-order valence-corrected chi connectivity index (χ3v) is 0.828. The normalized spacial score (nSPS) is 10.8. The van der Waals surface area contributed by atoms with Crippen molar-refractivity contribution in [2.75, 3.05) is 0 Å². The van der Waals surface area contributed by atoms with Crippen molar-refractivity contribution in [2.24, 2.45) is 0 Å². The topological polar surface area (TPSA) is 26.0 Å². The molecule has 2 nitrogen and oxygen atoms in total. The quantitative estimate of drug-likeness (QED) is 0.400. The minimum absolute atomic E-state index is 0. The molecule has 56 valence electrons. The van der Waals surface area contributed by atoms with E-state index in [0.29, 0.717) is 0 Å². The summed E-state index contributed by atoms with van der Waals surface area (Å²) in [6, 6.07) is 0. The molecule has 1 aromatic rings. The number of nitrogens with zero attached hydrogens (tertiary/aromatic N) is 1. The first-order valence-corrected chi connectivity index (χ1v) is 2.45. The van der Waals surface area contributed by atoms with E-state index in [-0.39, 0.29) is 56.9 Å². The SMILES string of the molecule is FC(F)(F)Cc1[c-]noc1.[K+]. The molecule has 11 heavy (non-hydrogen) atoms. The first-order valence-electron chi connectivity index (χ1n) is 2.45. The van der Waals surface area contributed by atoms with Gasteiger partial charge < -0.3 is 4.52 Å². The zero-order chi connectivity index (χ0) is 7.61. The van der Waals surface area contributed by atoms with E-state index in [1.807, 2.05) is 0 Å². The minimum Gasteiger partial charge on any atom is -0.473 e. The molecular weight excluding hydrogens is 186 g/mol. The fourth-order valence-electron chi connectivity index (χ4n) is 0.498. The van der Waals surface area contributed by atoms with Crippen LogP contribution in [0.25, 0.3) is 0 Å². The molecular formula is C5H3F3KNO. The van der Waals surface area contributed by atoms with Gasteiger partial charge in [-0.05, 0) is 6.26 Å². The summed E-state index contributed by atoms with van der Waals surface area (Å²) in [6.07, 6.45) is -2.26. The van der Waals surface area contributed by atoms with Crippen LogP contribution in [-0.4, -0.2) is 11.3 Å². The van der Waals surface area contributed by atoms with Gasteiger partial charge in [0.2, 0.25) is 0 Å². The zero-order valence-corrected chi connectivity index (χ0v) is 8.90. The van der Waals surface area contributed by atoms with Gasteiger partial charge in [-0.25, -0.2) is 5.16 Å². The van der Waals surface area contributed by atoms with Crippen LogP contribution in [0.5, 0.6) is 0 Å². The summed E-state index contributed by atoms with van der Waals surface area (Å²) in [6.45, 7) is 0. The van der Waals surface area contributed by atoms with Crippen LogP contribution in [0.3, 0.4) is 0 Å². The van der Waals surface area contributed by atoms with Crippen LogP contribution in [0, 0.1) is 6.20 Å². The average molecular weight is 189 g/mol. The van der Waals surface area contributed by atoms with Crippen molar-refractivity contribution in [3.8, 4) is 0 Å². The molecule has 0 aliphatic carbocycles. The molecule has 0 fully saturated rings. The number of alkyl halides is 3. The van der Waals surface area contributed by atoms with Gasteiger partial charge in [0, 0.05) is 6.42 Å². The van der Waals surface area contributed by atoms with Crippen LogP contribution in [-0.2, 0) is 6.42 Å². The van der Waals surface area contributed by atoms with E-state index in [1.54, 1.807) is 0 Å². The van der Waals surface area contributed by atoms with Gasteiger partial charge in [0.15, 0.2) is 0 Å². The number of rotatable bonds is 1. The maximum absolute atomic E-state index is 11.5. The second kappa shape index (κ2) is 4.61. The Hall–Kier alpha value is 0.636. The molecule has 0 aliphatic heterocycles. The number of hydrogen-bond acceptors (Lipinski definition) is 2. The van der Waals surface area contributed by atoms with Crippen LogP contribution in [0.2, 0.25) is 0 Å². The van der Waals surface area contributed by atoms with E-state index >= 15 is 0 Å². The molecule has 0 unspecified atom stereocenters. The van der Waals surface area contributed by atoms with Crippen LogP contribution < -0.4 is 51.4 Å². The molecule has 1 heterocycles. The Balaban J connectivity index is 0.000001000. The number of aromatic nitrogens is 1. The molecule has 0 saturated heterocycles. The summed E-state index contributed by atoms with van der Waals surface area (Å²) in [5, 5.41) is 3.01. The van der Waals surface area contributed by atoms with Gasteiger partial charge in [0.1, 0.15) is 0 Å². The fourth-order valence-corrected chi connectivity index (χ4v) is 0.498. The van der Waals surface area contributed by atoms with Gasteiger partial charge in [-0.3, -0.25) is 0 Å². The van der Waals surface area contributed by atoms with Crippen molar-refractivity contribution >= 4 is 0 Å². The Kier molecular flexibility index (Phi) is 4.88. The molecule has 6 heteroatoms. The van der Waals surface area contributed by atoms with Crippen LogP contribution >= 0.6 is 0 Å². The molecule has 0 bridgehead atoms. The van der Waals surface area contributed by atoms with Crippen molar-refractivity contribution in [1.29, 1.82) is 0 Å². The smallest absolute Gasteiger partial charge is 0.473 e. The summed E-state index contributed by atoms with van der Waals surface area (Å²) in [4.78, 5) is 0. The van der Waals surface area contributed by atoms with Crippen molar-refractivity contribution < 1.29 is 69.1 Å². The Labute approximate surface area is 104 Å². The second-order valence-corrected chi connectivity index (χ2v) is 1.74. The minimum atomic E-state index is -4.21. The maximum atomic E-state index is 11.5. The molecule has 0 atom stereocenters. The Morgan fingerprint density at radius 1 is 1.55 bits per heavy atom. The molecule has 0 saturated carbocycles. The summed E-state index contributed by atoms with van der Waals surface area (Å²) in [5.74, 6) is 0. The summed E-state index contributed by atoms with van der Waals surface area (Å²) in [5.41, 5.74) is -0.0764. The molecule has 1 aromatic heterocycles. The van der Waals surface area contributed by atoms with Crippen LogP contribution in [0.15, 0.2) is 10.8 Å². The fraction of sp³-hybridized carbons (Fsp3) is 0.400. The van der Waals surface area contributed by atoms with Crippen LogP contribution in [0.4, 0.5) is 13.2 Å². The molecule has 0 N–H and O–H groups in total. The molecule has 0 spiro atoms. The van der Waals surface area contributed by atoms with Crippen LogP contribution in [0.1, 0.15) is 5.56 Å². The van der Waals surface area contributed by atoms with E-state index in [2.05, 4.69) is 15.9 Å². The van der Waals surface area contributed by atoms with Crippen molar-refractivity contribution in [3.05, 3.63) is 18.0 Å². The van der Waals surface area contributed by atoms with Gasteiger partial charge in [0.05, 0.1) is 0 Å². The van der Waals surface area contributed by atoms with Crippen molar-refractivity contribution in [2.45, 2.75) is 12.6 Å². The van der Waals surface area contributed by atoms with E-state index < -0.39 is 12.6 Å². The predicted octanol–water partition coefficient (Wildman–Crippen LogP) is -1.42. The number of hydrogen-bond donors (Lipinski definition) is 0. The maximum Gasteiger partial charge on any atom is 1.00 e. The summed E-state index contributed by atoms with van der Waals surface area (Å²) in [7, 11) is 0. The van der Waals surface area contributed by atoms with E-state index in [1.165, 1.54) is 0 Å². The first kappa shape index (κ1) is 11.6. The first-order chi connectivity index (χ1) is 4.58. The molecule has 1 rings (SSSR count). The third kappa shape index (κ3) is 4.97. The van der Waals surface area contributed by atoms with Gasteiger partial charge >= 0.3 is 57.6 Å². The Morgan fingerprint density at radius 2 is 2.18 bits per heavy atom.